The van der Waals surface area contributed by atoms with Gasteiger partial charge >= 0.3 is 0 Å². The van der Waals surface area contributed by atoms with Crippen molar-refractivity contribution in [3.05, 3.63) is 34.6 Å². The fraction of sp³-hybridized carbons (Fsp3) is 0.500. The van der Waals surface area contributed by atoms with Gasteiger partial charge in [-0.1, -0.05) is 30.5 Å². The zero-order valence-corrected chi connectivity index (χ0v) is 14.8. The third-order valence-electron chi connectivity index (χ3n) is 5.11. The van der Waals surface area contributed by atoms with Gasteiger partial charge in [-0.3, -0.25) is 19.3 Å². The lowest BCUT2D eigenvalue weighted by Gasteiger charge is -2.21. The molecule has 5 nitrogen and oxygen atoms in total. The first-order valence-electron chi connectivity index (χ1n) is 8.42. The standard InChI is InChI=1S/C18H20ClFN2O3/c1-21(9-13-14(19)7-4-8-15(13)20)16(23)10-22-17(24)11-5-2-3-6-12(11)18(22)25/h4,7-8,11-12H,2-3,5-6,9-10H2,1H3/t11-,12+. The van der Waals surface area contributed by atoms with Gasteiger partial charge in [0.25, 0.3) is 0 Å². The fourth-order valence-electron chi connectivity index (χ4n) is 3.65. The average molecular weight is 367 g/mol. The molecular weight excluding hydrogens is 347 g/mol. The van der Waals surface area contributed by atoms with Crippen LogP contribution in [0.4, 0.5) is 4.39 Å². The van der Waals surface area contributed by atoms with Gasteiger partial charge < -0.3 is 4.90 Å². The number of rotatable bonds is 4. The molecule has 1 saturated carbocycles. The van der Waals surface area contributed by atoms with Gasteiger partial charge in [-0.05, 0) is 25.0 Å². The summed E-state index contributed by atoms with van der Waals surface area (Å²) in [5, 5.41) is 0.235. The minimum Gasteiger partial charge on any atom is -0.340 e. The van der Waals surface area contributed by atoms with Crippen molar-refractivity contribution in [1.82, 2.24) is 9.80 Å². The van der Waals surface area contributed by atoms with Crippen molar-refractivity contribution in [2.45, 2.75) is 32.2 Å². The topological polar surface area (TPSA) is 57.7 Å². The average Bonchev–Trinajstić information content (AvgIpc) is 2.83. The number of halogens is 2. The van der Waals surface area contributed by atoms with E-state index in [4.69, 9.17) is 11.6 Å². The Hall–Kier alpha value is -1.95. The van der Waals surface area contributed by atoms with Gasteiger partial charge in [0.05, 0.1) is 11.8 Å². The van der Waals surface area contributed by atoms with Crippen molar-refractivity contribution in [3.8, 4) is 0 Å². The third-order valence-corrected chi connectivity index (χ3v) is 5.46. The molecule has 1 aromatic rings. The molecule has 0 N–H and O–H groups in total. The Kier molecular flexibility index (Phi) is 5.08. The number of nitrogens with zero attached hydrogens (tertiary/aromatic N) is 2. The van der Waals surface area contributed by atoms with Crippen LogP contribution in [0.5, 0.6) is 0 Å². The Bertz CT molecular complexity index is 680. The quantitative estimate of drug-likeness (QED) is 0.770. The van der Waals surface area contributed by atoms with E-state index in [0.29, 0.717) is 12.8 Å². The van der Waals surface area contributed by atoms with Gasteiger partial charge in [0.15, 0.2) is 0 Å². The van der Waals surface area contributed by atoms with Crippen LogP contribution in [0.3, 0.4) is 0 Å². The van der Waals surface area contributed by atoms with Gasteiger partial charge in [0, 0.05) is 24.2 Å². The van der Waals surface area contributed by atoms with Crippen molar-refractivity contribution >= 4 is 29.3 Å². The molecule has 1 saturated heterocycles. The summed E-state index contributed by atoms with van der Waals surface area (Å²) in [5.74, 6) is -1.97. The molecule has 0 bridgehead atoms. The monoisotopic (exact) mass is 366 g/mol. The molecule has 134 valence electrons. The minimum absolute atomic E-state index is 0.0204. The molecule has 1 heterocycles. The molecule has 1 aliphatic carbocycles. The number of fused-ring (bicyclic) bond motifs is 1. The summed E-state index contributed by atoms with van der Waals surface area (Å²) in [6, 6.07) is 4.32. The molecule has 1 aliphatic heterocycles. The highest BCUT2D eigenvalue weighted by molar-refractivity contribution is 6.31. The van der Waals surface area contributed by atoms with Gasteiger partial charge in [0.2, 0.25) is 17.7 Å². The van der Waals surface area contributed by atoms with Gasteiger partial charge in [-0.15, -0.1) is 0 Å². The van der Waals surface area contributed by atoms with Crippen molar-refractivity contribution < 1.29 is 18.8 Å². The second-order valence-electron chi connectivity index (χ2n) is 6.71. The van der Waals surface area contributed by atoms with Gasteiger partial charge in [-0.2, -0.15) is 0 Å². The molecule has 0 unspecified atom stereocenters. The van der Waals surface area contributed by atoms with E-state index in [1.807, 2.05) is 0 Å². The van der Waals surface area contributed by atoms with Crippen LogP contribution in [0.2, 0.25) is 5.02 Å². The maximum Gasteiger partial charge on any atom is 0.242 e. The summed E-state index contributed by atoms with van der Waals surface area (Å²) in [6.45, 7) is -0.319. The maximum atomic E-state index is 13.9. The molecule has 3 amide bonds. The maximum absolute atomic E-state index is 13.9. The number of carbonyl (C=O) groups is 3. The predicted molar refractivity (Wildman–Crippen MR) is 90.1 cm³/mol. The number of likely N-dealkylation sites (tertiary alicyclic amines) is 1. The third kappa shape index (κ3) is 3.40. The molecule has 0 aromatic heterocycles. The summed E-state index contributed by atoms with van der Waals surface area (Å²) in [4.78, 5) is 39.6. The number of carbonyl (C=O) groups excluding carboxylic acids is 3. The highest BCUT2D eigenvalue weighted by Crippen LogP contribution is 2.37. The van der Waals surface area contributed by atoms with Crippen LogP contribution in [0, 0.1) is 17.7 Å². The van der Waals surface area contributed by atoms with E-state index in [0.717, 1.165) is 17.7 Å². The number of hydrogen-bond acceptors (Lipinski definition) is 3. The first kappa shape index (κ1) is 17.9. The molecule has 0 radical (unpaired) electrons. The molecule has 3 rings (SSSR count). The molecule has 25 heavy (non-hydrogen) atoms. The summed E-state index contributed by atoms with van der Waals surface area (Å²) in [5.41, 5.74) is 0.216. The first-order chi connectivity index (χ1) is 11.9. The van der Waals surface area contributed by atoms with Crippen LogP contribution in [0.1, 0.15) is 31.2 Å². The summed E-state index contributed by atoms with van der Waals surface area (Å²) in [6.07, 6.45) is 3.29. The SMILES string of the molecule is CN(Cc1c(F)cccc1Cl)C(=O)CN1C(=O)[C@H]2CCCC[C@H]2C1=O. The lowest BCUT2D eigenvalue weighted by Crippen LogP contribution is -2.41. The number of likely N-dealkylation sites (N-methyl/N-ethyl adjacent to an activating group) is 1. The lowest BCUT2D eigenvalue weighted by atomic mass is 9.81. The van der Waals surface area contributed by atoms with E-state index in [2.05, 4.69) is 0 Å². The van der Waals surface area contributed by atoms with Crippen LogP contribution < -0.4 is 0 Å². The molecule has 0 spiro atoms. The summed E-state index contributed by atoms with van der Waals surface area (Å²) < 4.78 is 13.9. The number of hydrogen-bond donors (Lipinski definition) is 0. The Morgan fingerprint density at radius 3 is 2.40 bits per heavy atom. The summed E-state index contributed by atoms with van der Waals surface area (Å²) >= 11 is 5.98. The van der Waals surface area contributed by atoms with Crippen molar-refractivity contribution in [3.63, 3.8) is 0 Å². The predicted octanol–water partition coefficient (Wildman–Crippen LogP) is 2.61. The minimum atomic E-state index is -0.494. The molecule has 2 aliphatic rings. The molecular formula is C18H20ClFN2O3. The fourth-order valence-corrected chi connectivity index (χ4v) is 3.87. The molecule has 7 heteroatoms. The Balaban J connectivity index is 1.67. The van der Waals surface area contributed by atoms with Crippen LogP contribution in [0.15, 0.2) is 18.2 Å². The first-order valence-corrected chi connectivity index (χ1v) is 8.80. The van der Waals surface area contributed by atoms with Crippen LogP contribution >= 0.6 is 11.6 Å². The zero-order chi connectivity index (χ0) is 18.1. The molecule has 2 atom stereocenters. The smallest absolute Gasteiger partial charge is 0.242 e. The molecule has 2 fully saturated rings. The van der Waals surface area contributed by atoms with Crippen LogP contribution in [-0.4, -0.2) is 41.1 Å². The van der Waals surface area contributed by atoms with E-state index >= 15 is 0 Å². The number of benzene rings is 1. The van der Waals surface area contributed by atoms with Crippen LogP contribution in [0.25, 0.3) is 0 Å². The number of imide groups is 1. The van der Waals surface area contributed by atoms with Gasteiger partial charge in [-0.25, -0.2) is 4.39 Å². The largest absolute Gasteiger partial charge is 0.340 e. The van der Waals surface area contributed by atoms with Crippen molar-refractivity contribution in [2.75, 3.05) is 13.6 Å². The second-order valence-corrected chi connectivity index (χ2v) is 7.12. The Morgan fingerprint density at radius 1 is 1.24 bits per heavy atom. The molecule has 1 aromatic carbocycles. The van der Waals surface area contributed by atoms with Crippen molar-refractivity contribution in [1.29, 1.82) is 0 Å². The van der Waals surface area contributed by atoms with E-state index in [-0.39, 0.29) is 47.3 Å². The van der Waals surface area contributed by atoms with Crippen molar-refractivity contribution in [2.24, 2.45) is 11.8 Å². The highest BCUT2D eigenvalue weighted by atomic mass is 35.5. The summed E-state index contributed by atoms with van der Waals surface area (Å²) in [7, 11) is 1.50. The Labute approximate surface area is 150 Å². The van der Waals surface area contributed by atoms with E-state index in [1.165, 1.54) is 24.1 Å². The van der Waals surface area contributed by atoms with E-state index < -0.39 is 11.7 Å². The zero-order valence-electron chi connectivity index (χ0n) is 14.0. The van der Waals surface area contributed by atoms with E-state index in [1.54, 1.807) is 6.07 Å². The number of amides is 3. The normalized spacial score (nSPS) is 22.9. The highest BCUT2D eigenvalue weighted by Gasteiger charge is 2.48. The Morgan fingerprint density at radius 2 is 1.84 bits per heavy atom. The van der Waals surface area contributed by atoms with E-state index in [9.17, 15) is 18.8 Å². The second kappa shape index (κ2) is 7.12. The lowest BCUT2D eigenvalue weighted by molar-refractivity contribution is -0.146. The van der Waals surface area contributed by atoms with Gasteiger partial charge in [0.1, 0.15) is 12.4 Å². The van der Waals surface area contributed by atoms with Crippen LogP contribution in [-0.2, 0) is 20.9 Å².